The monoisotopic (exact) mass is 240 g/mol. The second kappa shape index (κ2) is 5.21. The van der Waals surface area contributed by atoms with Crippen molar-refractivity contribution in [3.8, 4) is 5.75 Å². The Balaban J connectivity index is 2.56. The molecule has 0 aliphatic rings. The summed E-state index contributed by atoms with van der Waals surface area (Å²) < 4.78 is 39.0. The first-order chi connectivity index (χ1) is 7.01. The van der Waals surface area contributed by atoms with Crippen LogP contribution >= 0.6 is 11.9 Å². The van der Waals surface area contributed by atoms with E-state index in [1.165, 1.54) is 24.3 Å². The van der Waals surface area contributed by atoms with Gasteiger partial charge in [-0.2, -0.15) is 4.83 Å². The van der Waals surface area contributed by atoms with Gasteiger partial charge >= 0.3 is 6.36 Å². The van der Waals surface area contributed by atoms with Crippen molar-refractivity contribution in [1.29, 1.82) is 0 Å². The number of hydrogen-bond acceptors (Lipinski definition) is 5. The van der Waals surface area contributed by atoms with E-state index in [4.69, 9.17) is 5.21 Å². The molecule has 0 spiro atoms. The molecule has 15 heavy (non-hydrogen) atoms. The zero-order valence-corrected chi connectivity index (χ0v) is 8.02. The van der Waals surface area contributed by atoms with Gasteiger partial charge in [-0.25, -0.2) is 0 Å². The van der Waals surface area contributed by atoms with E-state index in [1.807, 2.05) is 0 Å². The third-order valence-corrected chi connectivity index (χ3v) is 1.97. The highest BCUT2D eigenvalue weighted by Gasteiger charge is 2.30. The third kappa shape index (κ3) is 4.88. The number of benzene rings is 1. The van der Waals surface area contributed by atoms with Crippen LogP contribution in [-0.4, -0.2) is 11.6 Å². The van der Waals surface area contributed by atoms with Gasteiger partial charge in [-0.3, -0.25) is 0 Å². The van der Waals surface area contributed by atoms with Gasteiger partial charge in [-0.1, -0.05) is 0 Å². The largest absolute Gasteiger partial charge is 0.573 e. The molecular formula is C7H7F3N2O2S. The van der Waals surface area contributed by atoms with Crippen LogP contribution in [0.25, 0.3) is 0 Å². The fourth-order valence-corrected chi connectivity index (χ4v) is 1.23. The maximum absolute atomic E-state index is 11.8. The molecule has 4 nitrogen and oxygen atoms in total. The van der Waals surface area contributed by atoms with E-state index in [1.54, 1.807) is 5.59 Å². The van der Waals surface area contributed by atoms with Crippen molar-refractivity contribution < 1.29 is 23.1 Å². The second-order valence-corrected chi connectivity index (χ2v) is 3.21. The quantitative estimate of drug-likeness (QED) is 0.555. The topological polar surface area (TPSA) is 53.5 Å². The van der Waals surface area contributed by atoms with Crippen molar-refractivity contribution in [2.24, 2.45) is 0 Å². The Labute approximate surface area is 87.5 Å². The van der Waals surface area contributed by atoms with Gasteiger partial charge in [-0.15, -0.1) is 18.8 Å². The fourth-order valence-electron chi connectivity index (χ4n) is 0.791. The number of alkyl halides is 3. The minimum atomic E-state index is -4.68. The van der Waals surface area contributed by atoms with E-state index in [0.29, 0.717) is 4.90 Å². The molecule has 0 unspecified atom stereocenters. The summed E-state index contributed by atoms with van der Waals surface area (Å²) in [6.45, 7) is 0. The summed E-state index contributed by atoms with van der Waals surface area (Å²) >= 11 is 0.999. The lowest BCUT2D eigenvalue weighted by Crippen LogP contribution is -2.20. The van der Waals surface area contributed by atoms with Crippen LogP contribution < -0.4 is 15.2 Å². The number of nitrogens with one attached hydrogen (secondary N) is 2. The van der Waals surface area contributed by atoms with Crippen molar-refractivity contribution in [2.45, 2.75) is 11.3 Å². The fraction of sp³-hybridized carbons (Fsp3) is 0.143. The van der Waals surface area contributed by atoms with E-state index < -0.39 is 6.36 Å². The van der Waals surface area contributed by atoms with Gasteiger partial charge in [0, 0.05) is 4.90 Å². The van der Waals surface area contributed by atoms with E-state index in [9.17, 15) is 13.2 Å². The van der Waals surface area contributed by atoms with Gasteiger partial charge in [-0.05, 0) is 36.2 Å². The van der Waals surface area contributed by atoms with Crippen LogP contribution in [0.4, 0.5) is 13.2 Å². The molecule has 3 N–H and O–H groups in total. The summed E-state index contributed by atoms with van der Waals surface area (Å²) in [5, 5.41) is 8.18. The van der Waals surface area contributed by atoms with Crippen LogP contribution in [-0.2, 0) is 0 Å². The van der Waals surface area contributed by atoms with E-state index in [2.05, 4.69) is 9.57 Å². The second-order valence-electron chi connectivity index (χ2n) is 2.34. The summed E-state index contributed by atoms with van der Waals surface area (Å²) in [7, 11) is 0. The van der Waals surface area contributed by atoms with Gasteiger partial charge in [0.1, 0.15) is 5.75 Å². The molecule has 0 amide bonds. The lowest BCUT2D eigenvalue weighted by Gasteiger charge is -2.08. The molecule has 0 bridgehead atoms. The zero-order chi connectivity index (χ0) is 11.3. The predicted octanol–water partition coefficient (Wildman–Crippen LogP) is 2.08. The molecule has 0 aliphatic carbocycles. The van der Waals surface area contributed by atoms with Gasteiger partial charge in [0.2, 0.25) is 0 Å². The Kier molecular flexibility index (Phi) is 4.21. The minimum absolute atomic E-state index is 0.288. The molecule has 0 aliphatic heterocycles. The van der Waals surface area contributed by atoms with E-state index in [-0.39, 0.29) is 5.75 Å². The first-order valence-electron chi connectivity index (χ1n) is 3.68. The Morgan fingerprint density at radius 3 is 2.27 bits per heavy atom. The maximum Gasteiger partial charge on any atom is 0.573 e. The first-order valence-corrected chi connectivity index (χ1v) is 4.49. The summed E-state index contributed by atoms with van der Waals surface area (Å²) in [6.07, 6.45) is -4.68. The van der Waals surface area contributed by atoms with Crippen LogP contribution in [0.15, 0.2) is 29.2 Å². The van der Waals surface area contributed by atoms with Gasteiger partial charge in [0.15, 0.2) is 0 Å². The molecule has 84 valence electrons. The zero-order valence-electron chi connectivity index (χ0n) is 7.21. The maximum atomic E-state index is 11.8. The molecule has 0 aromatic heterocycles. The van der Waals surface area contributed by atoms with Crippen LogP contribution in [0.5, 0.6) is 5.75 Å². The Morgan fingerprint density at radius 2 is 1.80 bits per heavy atom. The molecule has 0 fully saturated rings. The van der Waals surface area contributed by atoms with Crippen molar-refractivity contribution in [2.75, 3.05) is 0 Å². The Bertz CT molecular complexity index is 304. The van der Waals surface area contributed by atoms with Crippen molar-refractivity contribution in [1.82, 2.24) is 10.4 Å². The van der Waals surface area contributed by atoms with Crippen LogP contribution in [0.2, 0.25) is 0 Å². The summed E-state index contributed by atoms with van der Waals surface area (Å²) in [5.41, 5.74) is 1.67. The molecule has 0 saturated carbocycles. The Morgan fingerprint density at radius 1 is 1.20 bits per heavy atom. The minimum Gasteiger partial charge on any atom is -0.406 e. The summed E-state index contributed by atoms with van der Waals surface area (Å²) in [4.78, 5) is 2.91. The highest BCUT2D eigenvalue weighted by Crippen LogP contribution is 2.24. The normalized spacial score (nSPS) is 11.5. The average molecular weight is 240 g/mol. The highest BCUT2D eigenvalue weighted by atomic mass is 32.2. The SMILES string of the molecule is ONNSc1ccc(OC(F)(F)F)cc1. The van der Waals surface area contributed by atoms with Gasteiger partial charge in [0.05, 0.1) is 0 Å². The highest BCUT2D eigenvalue weighted by molar-refractivity contribution is 7.97. The number of hydrogen-bond donors (Lipinski definition) is 3. The Hall–Kier alpha value is -0.960. The van der Waals surface area contributed by atoms with E-state index >= 15 is 0 Å². The van der Waals surface area contributed by atoms with Crippen molar-refractivity contribution in [3.63, 3.8) is 0 Å². The smallest absolute Gasteiger partial charge is 0.406 e. The molecule has 0 radical (unpaired) electrons. The summed E-state index contributed by atoms with van der Waals surface area (Å²) in [5.74, 6) is -0.288. The number of rotatable bonds is 4. The summed E-state index contributed by atoms with van der Waals surface area (Å²) in [6, 6.07) is 5.18. The van der Waals surface area contributed by atoms with Crippen molar-refractivity contribution >= 4 is 11.9 Å². The first kappa shape index (κ1) is 12.1. The molecule has 0 heterocycles. The average Bonchev–Trinajstić information content (AvgIpc) is 2.14. The van der Waals surface area contributed by atoms with E-state index in [0.717, 1.165) is 11.9 Å². The number of ether oxygens (including phenoxy) is 1. The van der Waals surface area contributed by atoms with Crippen molar-refractivity contribution in [3.05, 3.63) is 24.3 Å². The lowest BCUT2D eigenvalue weighted by molar-refractivity contribution is -0.274. The third-order valence-electron chi connectivity index (χ3n) is 1.27. The lowest BCUT2D eigenvalue weighted by atomic mass is 10.3. The van der Waals surface area contributed by atoms with Crippen LogP contribution in [0, 0.1) is 0 Å². The molecular weight excluding hydrogens is 233 g/mol. The number of halogens is 3. The van der Waals surface area contributed by atoms with Crippen LogP contribution in [0.1, 0.15) is 0 Å². The molecule has 1 aromatic rings. The molecule has 8 heteroatoms. The van der Waals surface area contributed by atoms with Gasteiger partial charge in [0.25, 0.3) is 0 Å². The molecule has 0 atom stereocenters. The van der Waals surface area contributed by atoms with Crippen LogP contribution in [0.3, 0.4) is 0 Å². The molecule has 1 aromatic carbocycles. The molecule has 1 rings (SSSR count). The number of hydrazine groups is 1. The van der Waals surface area contributed by atoms with Gasteiger partial charge < -0.3 is 9.94 Å². The molecule has 0 saturated heterocycles. The standard InChI is InChI=1S/C7H7F3N2O2S/c8-7(9,10)14-5-1-3-6(4-2-5)15-12-11-13/h1-4,11-13H. The predicted molar refractivity (Wildman–Crippen MR) is 47.0 cm³/mol.